The highest BCUT2D eigenvalue weighted by molar-refractivity contribution is 5.50. The van der Waals surface area contributed by atoms with E-state index in [2.05, 4.69) is 0 Å². The molecule has 0 saturated heterocycles. The van der Waals surface area contributed by atoms with Gasteiger partial charge >= 0.3 is 5.69 Å². The minimum atomic E-state index is -0.747. The summed E-state index contributed by atoms with van der Waals surface area (Å²) in [5.74, 6) is 1.84. The second kappa shape index (κ2) is 6.57. The van der Waals surface area contributed by atoms with Crippen LogP contribution >= 0.6 is 0 Å². The van der Waals surface area contributed by atoms with Crippen molar-refractivity contribution in [3.05, 3.63) is 69.5 Å². The van der Waals surface area contributed by atoms with Crippen molar-refractivity contribution < 1.29 is 14.1 Å². The smallest absolute Gasteiger partial charge is 0.308 e. The molecule has 0 amide bonds. The Kier molecular flexibility index (Phi) is 4.14. The van der Waals surface area contributed by atoms with Gasteiger partial charge in [0.2, 0.25) is 5.82 Å². The molecule has 0 radical (unpaired) electrons. The van der Waals surface area contributed by atoms with Crippen LogP contribution in [0.2, 0.25) is 0 Å². The van der Waals surface area contributed by atoms with Crippen molar-refractivity contribution in [2.75, 3.05) is 0 Å². The van der Waals surface area contributed by atoms with E-state index in [9.17, 15) is 14.5 Å². The van der Waals surface area contributed by atoms with E-state index in [1.165, 1.54) is 31.4 Å². The van der Waals surface area contributed by atoms with E-state index in [4.69, 9.17) is 4.74 Å². The summed E-state index contributed by atoms with van der Waals surface area (Å²) in [4.78, 5) is 10.7. The third-order valence-corrected chi connectivity index (χ3v) is 7.09. The number of nitro groups is 1. The highest BCUT2D eigenvalue weighted by atomic mass is 19.1. The van der Waals surface area contributed by atoms with Crippen molar-refractivity contribution in [1.82, 2.24) is 0 Å². The Bertz CT molecular complexity index is 876. The Balaban J connectivity index is 1.54. The zero-order valence-electron chi connectivity index (χ0n) is 15.8. The number of halogens is 1. The molecule has 4 fully saturated rings. The second-order valence-electron chi connectivity index (χ2n) is 9.03. The van der Waals surface area contributed by atoms with Crippen molar-refractivity contribution in [1.29, 1.82) is 0 Å². The number of hydrogen-bond donors (Lipinski definition) is 0. The van der Waals surface area contributed by atoms with Gasteiger partial charge in [-0.05, 0) is 73.3 Å². The molecule has 4 bridgehead atoms. The van der Waals surface area contributed by atoms with Gasteiger partial charge in [0.1, 0.15) is 12.4 Å². The van der Waals surface area contributed by atoms with E-state index in [1.807, 2.05) is 30.3 Å². The van der Waals surface area contributed by atoms with Crippen LogP contribution in [-0.2, 0) is 12.0 Å². The van der Waals surface area contributed by atoms with Gasteiger partial charge in [0.15, 0.2) is 0 Å². The maximum Gasteiger partial charge on any atom is 0.308 e. The number of rotatable bonds is 5. The summed E-state index contributed by atoms with van der Waals surface area (Å²) in [6, 6.07) is 12.5. The summed E-state index contributed by atoms with van der Waals surface area (Å²) in [6.07, 6.45) is 7.02. The lowest BCUT2D eigenvalue weighted by Gasteiger charge is -2.57. The van der Waals surface area contributed by atoms with Crippen molar-refractivity contribution in [3.8, 4) is 5.75 Å². The van der Waals surface area contributed by atoms with Crippen LogP contribution in [-0.4, -0.2) is 4.92 Å². The molecule has 4 aliphatic carbocycles. The Morgan fingerprint density at radius 3 is 2.21 bits per heavy atom. The highest BCUT2D eigenvalue weighted by Crippen LogP contribution is 2.62. The third-order valence-electron chi connectivity index (χ3n) is 7.09. The van der Waals surface area contributed by atoms with Crippen LogP contribution in [0.5, 0.6) is 5.75 Å². The van der Waals surface area contributed by atoms with Gasteiger partial charge in [-0.3, -0.25) is 10.1 Å². The largest absolute Gasteiger partial charge is 0.488 e. The van der Waals surface area contributed by atoms with Gasteiger partial charge in [-0.15, -0.1) is 0 Å². The summed E-state index contributed by atoms with van der Waals surface area (Å²) in [5.41, 5.74) is 1.25. The van der Waals surface area contributed by atoms with Crippen molar-refractivity contribution in [2.24, 2.45) is 17.8 Å². The molecule has 4 aliphatic rings. The molecule has 146 valence electrons. The summed E-state index contributed by atoms with van der Waals surface area (Å²) < 4.78 is 20.7. The number of hydrogen-bond acceptors (Lipinski definition) is 3. The fraction of sp³-hybridized carbons (Fsp3) is 0.478. The van der Waals surface area contributed by atoms with Gasteiger partial charge in [-0.2, -0.15) is 4.39 Å². The van der Waals surface area contributed by atoms with Crippen LogP contribution in [0.3, 0.4) is 0 Å². The van der Waals surface area contributed by atoms with E-state index in [1.54, 1.807) is 0 Å². The lowest BCUT2D eigenvalue weighted by Crippen LogP contribution is -2.48. The minimum Gasteiger partial charge on any atom is -0.488 e. The minimum absolute atomic E-state index is 0.0866. The van der Waals surface area contributed by atoms with E-state index in [-0.39, 0.29) is 5.41 Å². The van der Waals surface area contributed by atoms with Crippen LogP contribution in [0.1, 0.15) is 49.7 Å². The van der Waals surface area contributed by atoms with Gasteiger partial charge < -0.3 is 4.74 Å². The predicted molar refractivity (Wildman–Crippen MR) is 104 cm³/mol. The van der Waals surface area contributed by atoms with Crippen molar-refractivity contribution in [3.63, 3.8) is 0 Å². The van der Waals surface area contributed by atoms with Crippen LogP contribution in [0.25, 0.3) is 0 Å². The Morgan fingerprint density at radius 1 is 1.04 bits per heavy atom. The highest BCUT2D eigenvalue weighted by Gasteiger charge is 2.52. The van der Waals surface area contributed by atoms with E-state index in [0.717, 1.165) is 30.4 Å². The number of benzene rings is 2. The molecule has 0 N–H and O–H groups in total. The Labute approximate surface area is 163 Å². The first-order valence-electron chi connectivity index (χ1n) is 10.2. The summed E-state index contributed by atoms with van der Waals surface area (Å²) in [6.45, 7) is 0.322. The monoisotopic (exact) mass is 381 g/mol. The molecular formula is C23H24FNO3. The average Bonchev–Trinajstić information content (AvgIpc) is 2.66. The Morgan fingerprint density at radius 2 is 1.64 bits per heavy atom. The zero-order valence-corrected chi connectivity index (χ0v) is 15.8. The third kappa shape index (κ3) is 2.97. The fourth-order valence-corrected chi connectivity index (χ4v) is 6.39. The molecule has 2 aromatic rings. The standard InChI is InChI=1S/C23H24FNO3/c24-20-9-19(23-11-16-6-17(12-23)8-18(7-16)13-23)22(10-21(20)25(26)27)28-14-15-4-2-1-3-5-15/h1-5,9-10,16-18H,6-8,11-14H2. The average molecular weight is 381 g/mol. The first-order valence-corrected chi connectivity index (χ1v) is 10.2. The lowest BCUT2D eigenvalue weighted by molar-refractivity contribution is -0.387. The van der Waals surface area contributed by atoms with Gasteiger partial charge in [0.05, 0.1) is 11.0 Å². The van der Waals surface area contributed by atoms with Crippen LogP contribution in [0.4, 0.5) is 10.1 Å². The molecule has 5 heteroatoms. The molecule has 0 spiro atoms. The van der Waals surface area contributed by atoms with Gasteiger partial charge in [0.25, 0.3) is 0 Å². The van der Waals surface area contributed by atoms with Crippen LogP contribution in [0, 0.1) is 33.7 Å². The quantitative estimate of drug-likeness (QED) is 0.487. The summed E-state index contributed by atoms with van der Waals surface area (Å²) in [7, 11) is 0. The topological polar surface area (TPSA) is 52.4 Å². The van der Waals surface area contributed by atoms with Crippen LogP contribution in [0.15, 0.2) is 42.5 Å². The molecule has 0 aromatic heterocycles. The maximum atomic E-state index is 14.6. The fourth-order valence-electron chi connectivity index (χ4n) is 6.39. The molecule has 28 heavy (non-hydrogen) atoms. The normalized spacial score (nSPS) is 30.4. The van der Waals surface area contributed by atoms with Gasteiger partial charge in [-0.1, -0.05) is 30.3 Å². The molecule has 0 atom stereocenters. The molecule has 0 aliphatic heterocycles. The van der Waals surface area contributed by atoms with E-state index in [0.29, 0.717) is 30.1 Å². The summed E-state index contributed by atoms with van der Waals surface area (Å²) in [5, 5.41) is 11.3. The molecule has 6 rings (SSSR count). The molecule has 0 heterocycles. The SMILES string of the molecule is O=[N+]([O-])c1cc(OCc2ccccc2)c(C23CC4CC(CC(C4)C2)C3)cc1F. The second-order valence-corrected chi connectivity index (χ2v) is 9.03. The first kappa shape index (κ1) is 17.7. The number of nitrogens with zero attached hydrogens (tertiary/aromatic N) is 1. The number of nitro benzene ring substituents is 1. The molecule has 2 aromatic carbocycles. The van der Waals surface area contributed by atoms with E-state index < -0.39 is 16.4 Å². The zero-order chi connectivity index (χ0) is 19.3. The maximum absolute atomic E-state index is 14.6. The van der Waals surface area contributed by atoms with Gasteiger partial charge in [-0.25, -0.2) is 0 Å². The van der Waals surface area contributed by atoms with Crippen LogP contribution < -0.4 is 4.74 Å². The molecule has 4 nitrogen and oxygen atoms in total. The first-order chi connectivity index (χ1) is 13.5. The molecular weight excluding hydrogens is 357 g/mol. The predicted octanol–water partition coefficient (Wildman–Crippen LogP) is 5.78. The molecule has 4 saturated carbocycles. The van der Waals surface area contributed by atoms with Crippen molar-refractivity contribution in [2.45, 2.75) is 50.5 Å². The number of ether oxygens (including phenoxy) is 1. The Hall–Kier alpha value is -2.43. The van der Waals surface area contributed by atoms with Gasteiger partial charge in [0, 0.05) is 5.56 Å². The molecule has 0 unspecified atom stereocenters. The van der Waals surface area contributed by atoms with E-state index >= 15 is 0 Å². The summed E-state index contributed by atoms with van der Waals surface area (Å²) >= 11 is 0. The lowest BCUT2D eigenvalue weighted by atomic mass is 9.48. The van der Waals surface area contributed by atoms with Crippen molar-refractivity contribution >= 4 is 5.69 Å².